The van der Waals surface area contributed by atoms with Crippen molar-refractivity contribution in [2.75, 3.05) is 0 Å². The van der Waals surface area contributed by atoms with Crippen LogP contribution in [0, 0.1) is 0 Å². The molecule has 0 heterocycles. The van der Waals surface area contributed by atoms with Crippen LogP contribution in [-0.4, -0.2) is 24.1 Å². The van der Waals surface area contributed by atoms with Crippen LogP contribution in [0.1, 0.15) is 439 Å². The Kier molecular flexibility index (Phi) is 65.5. The molecule has 0 fully saturated rings. The lowest BCUT2D eigenvalue weighted by Crippen LogP contribution is -2.35. The largest absolute Gasteiger partial charge is 0.458 e. The fraction of sp³-hybridized carbons (Fsp3) is 0.972. The lowest BCUT2D eigenvalue weighted by molar-refractivity contribution is -0.169. The summed E-state index contributed by atoms with van der Waals surface area (Å²) in [6.45, 7) is 9.19. The van der Waals surface area contributed by atoms with Gasteiger partial charge in [0.25, 0.3) is 0 Å². The molecule has 0 aliphatic carbocycles. The van der Waals surface area contributed by atoms with E-state index in [0.717, 1.165) is 51.4 Å². The standard InChI is InChI=1S/C72H142O4/c1-5-9-13-17-21-25-29-31-33-35-37-39-41-43-47-51-55-59-63-67-71(73)75-69(65-61-57-53-49-45-27-23-19-15-11-7-3)70(66-62-58-54-50-46-28-24-20-16-12-8-4)76-72(74)68-64-60-56-52-48-44-42-40-38-36-34-32-30-26-22-18-14-10-6-2/h69-70H,5-68H2,1-4H3. The first-order valence-corrected chi connectivity index (χ1v) is 36.0. The summed E-state index contributed by atoms with van der Waals surface area (Å²) in [5.41, 5.74) is 0. The molecule has 0 aromatic carbocycles. The highest BCUT2D eigenvalue weighted by atomic mass is 16.6. The Morgan fingerprint density at radius 1 is 0.197 bits per heavy atom. The van der Waals surface area contributed by atoms with Crippen molar-refractivity contribution in [1.82, 2.24) is 0 Å². The van der Waals surface area contributed by atoms with Crippen LogP contribution in [0.25, 0.3) is 0 Å². The molecule has 0 rings (SSSR count). The summed E-state index contributed by atoms with van der Waals surface area (Å²) in [4.78, 5) is 27.2. The molecule has 2 atom stereocenters. The molecule has 4 nitrogen and oxygen atoms in total. The van der Waals surface area contributed by atoms with E-state index in [-0.39, 0.29) is 24.1 Å². The zero-order valence-electron chi connectivity index (χ0n) is 53.0. The van der Waals surface area contributed by atoms with Crippen molar-refractivity contribution < 1.29 is 19.1 Å². The van der Waals surface area contributed by atoms with Crippen LogP contribution >= 0.6 is 0 Å². The number of esters is 2. The number of carbonyl (C=O) groups excluding carboxylic acids is 2. The maximum atomic E-state index is 13.6. The third kappa shape index (κ3) is 60.6. The van der Waals surface area contributed by atoms with E-state index in [9.17, 15) is 9.59 Å². The molecule has 0 saturated carbocycles. The highest BCUT2D eigenvalue weighted by molar-refractivity contribution is 5.70. The molecule has 0 aromatic heterocycles. The van der Waals surface area contributed by atoms with Crippen LogP contribution in [-0.2, 0) is 19.1 Å². The van der Waals surface area contributed by atoms with Gasteiger partial charge in [-0.1, -0.05) is 387 Å². The van der Waals surface area contributed by atoms with Crippen LogP contribution in [0.2, 0.25) is 0 Å². The molecule has 0 amide bonds. The van der Waals surface area contributed by atoms with Crippen molar-refractivity contribution in [2.24, 2.45) is 0 Å². The predicted octanol–water partition coefficient (Wildman–Crippen LogP) is 25.9. The van der Waals surface area contributed by atoms with Crippen molar-refractivity contribution in [1.29, 1.82) is 0 Å². The van der Waals surface area contributed by atoms with Gasteiger partial charge in [0.15, 0.2) is 0 Å². The van der Waals surface area contributed by atoms with E-state index in [0.29, 0.717) is 12.8 Å². The minimum atomic E-state index is -0.316. The highest BCUT2D eigenvalue weighted by Gasteiger charge is 2.28. The van der Waals surface area contributed by atoms with Gasteiger partial charge < -0.3 is 9.47 Å². The van der Waals surface area contributed by atoms with Crippen molar-refractivity contribution in [3.63, 3.8) is 0 Å². The molecule has 0 aliphatic heterocycles. The third-order valence-electron chi connectivity index (χ3n) is 17.1. The van der Waals surface area contributed by atoms with Gasteiger partial charge in [-0.05, 0) is 38.5 Å². The molecule has 0 N–H and O–H groups in total. The Morgan fingerprint density at radius 2 is 0.329 bits per heavy atom. The van der Waals surface area contributed by atoms with Gasteiger partial charge in [-0.15, -0.1) is 0 Å². The second-order valence-corrected chi connectivity index (χ2v) is 24.9. The first kappa shape index (κ1) is 74.9. The van der Waals surface area contributed by atoms with Crippen LogP contribution in [0.5, 0.6) is 0 Å². The summed E-state index contributed by atoms with van der Waals surface area (Å²) in [6.07, 6.45) is 81.9. The van der Waals surface area contributed by atoms with Crippen molar-refractivity contribution in [3.05, 3.63) is 0 Å². The number of hydrogen-bond acceptors (Lipinski definition) is 4. The second-order valence-electron chi connectivity index (χ2n) is 24.9. The van der Waals surface area contributed by atoms with Crippen molar-refractivity contribution >= 4 is 11.9 Å². The Hall–Kier alpha value is -1.06. The normalized spacial score (nSPS) is 12.4. The molecule has 0 saturated heterocycles. The molecule has 0 aromatic rings. The predicted molar refractivity (Wildman–Crippen MR) is 338 cm³/mol. The fourth-order valence-electron chi connectivity index (χ4n) is 11.8. The van der Waals surface area contributed by atoms with Gasteiger partial charge in [-0.2, -0.15) is 0 Å². The molecule has 0 aliphatic rings. The van der Waals surface area contributed by atoms with Gasteiger partial charge in [0.05, 0.1) is 0 Å². The smallest absolute Gasteiger partial charge is 0.306 e. The van der Waals surface area contributed by atoms with Gasteiger partial charge in [-0.25, -0.2) is 0 Å². The fourth-order valence-corrected chi connectivity index (χ4v) is 11.8. The minimum absolute atomic E-state index is 0.0705. The van der Waals surface area contributed by atoms with Crippen LogP contribution < -0.4 is 0 Å². The van der Waals surface area contributed by atoms with Crippen LogP contribution in [0.4, 0.5) is 0 Å². The Morgan fingerprint density at radius 3 is 0.487 bits per heavy atom. The molecular formula is C72H142O4. The number of unbranched alkanes of at least 4 members (excludes halogenated alkanes) is 56. The van der Waals surface area contributed by atoms with Crippen molar-refractivity contribution in [2.45, 2.75) is 451 Å². The topological polar surface area (TPSA) is 52.6 Å². The molecule has 0 spiro atoms. The molecule has 454 valence electrons. The molecule has 0 bridgehead atoms. The zero-order valence-corrected chi connectivity index (χ0v) is 53.0. The number of carbonyl (C=O) groups is 2. The Balaban J connectivity index is 4.93. The van der Waals surface area contributed by atoms with E-state index in [4.69, 9.17) is 9.47 Å². The summed E-state index contributed by atoms with van der Waals surface area (Å²) in [5, 5.41) is 0. The average molecular weight is 1070 g/mol. The number of rotatable bonds is 67. The highest BCUT2D eigenvalue weighted by Crippen LogP contribution is 2.24. The van der Waals surface area contributed by atoms with E-state index < -0.39 is 0 Å². The Labute approximate surface area is 479 Å². The summed E-state index contributed by atoms with van der Waals surface area (Å²) < 4.78 is 12.8. The van der Waals surface area contributed by atoms with E-state index in [1.54, 1.807) is 0 Å². The van der Waals surface area contributed by atoms with Crippen LogP contribution in [0.3, 0.4) is 0 Å². The minimum Gasteiger partial charge on any atom is -0.458 e. The second kappa shape index (κ2) is 66.5. The van der Waals surface area contributed by atoms with Gasteiger partial charge in [-0.3, -0.25) is 9.59 Å². The first-order chi connectivity index (χ1) is 37.6. The summed E-state index contributed by atoms with van der Waals surface area (Å²) in [6, 6.07) is 0. The third-order valence-corrected chi connectivity index (χ3v) is 17.1. The summed E-state index contributed by atoms with van der Waals surface area (Å²) >= 11 is 0. The molecule has 2 unspecified atom stereocenters. The SMILES string of the molecule is CCCCCCCCCCCCCCCCCCCCCC(=O)OC(CCCCCCCCCCCCC)C(CCCCCCCCCCCCC)OC(=O)CCCCCCCCCCCCCCCCCCCCC. The average Bonchev–Trinajstić information content (AvgIpc) is 3.42. The number of hydrogen-bond donors (Lipinski definition) is 0. The first-order valence-electron chi connectivity index (χ1n) is 36.0. The Bertz CT molecular complexity index is 1000. The van der Waals surface area contributed by atoms with Gasteiger partial charge in [0, 0.05) is 12.8 Å². The molecule has 4 heteroatoms. The zero-order chi connectivity index (χ0) is 55.0. The van der Waals surface area contributed by atoms with Gasteiger partial charge in [0.1, 0.15) is 12.2 Å². The van der Waals surface area contributed by atoms with E-state index in [1.807, 2.05) is 0 Å². The monoisotopic (exact) mass is 1070 g/mol. The maximum Gasteiger partial charge on any atom is 0.306 e. The van der Waals surface area contributed by atoms with Gasteiger partial charge in [0.2, 0.25) is 0 Å². The molecular weight excluding hydrogens is 929 g/mol. The van der Waals surface area contributed by atoms with E-state index in [1.165, 1.54) is 347 Å². The summed E-state index contributed by atoms with van der Waals surface area (Å²) in [7, 11) is 0. The number of ether oxygens (including phenoxy) is 2. The van der Waals surface area contributed by atoms with Crippen molar-refractivity contribution in [3.8, 4) is 0 Å². The molecule has 76 heavy (non-hydrogen) atoms. The van der Waals surface area contributed by atoms with E-state index >= 15 is 0 Å². The quantitative estimate of drug-likeness (QED) is 0.0450. The molecule has 0 radical (unpaired) electrons. The maximum absolute atomic E-state index is 13.6. The van der Waals surface area contributed by atoms with Gasteiger partial charge >= 0.3 is 11.9 Å². The van der Waals surface area contributed by atoms with Crippen LogP contribution in [0.15, 0.2) is 0 Å². The lowest BCUT2D eigenvalue weighted by Gasteiger charge is -2.27. The lowest BCUT2D eigenvalue weighted by atomic mass is 9.98. The summed E-state index contributed by atoms with van der Waals surface area (Å²) in [5.74, 6) is -0.141. The van der Waals surface area contributed by atoms with E-state index in [2.05, 4.69) is 27.7 Å².